The number of carbonyl (C=O) groups excluding carboxylic acids is 1. The average Bonchev–Trinajstić information content (AvgIpc) is 2.12. The van der Waals surface area contributed by atoms with Crippen molar-refractivity contribution >= 4 is 14.0 Å². The van der Waals surface area contributed by atoms with Crippen LogP contribution in [0.3, 0.4) is 0 Å². The van der Waals surface area contributed by atoms with Gasteiger partial charge in [0.25, 0.3) is 0 Å². The maximum absolute atomic E-state index is 13.3. The van der Waals surface area contributed by atoms with Crippen LogP contribution in [0.2, 0.25) is 0 Å². The lowest BCUT2D eigenvalue weighted by Crippen LogP contribution is -2.34. The van der Waals surface area contributed by atoms with Crippen LogP contribution >= 0.6 is 8.25 Å². The zero-order valence-corrected chi connectivity index (χ0v) is 10.5. The van der Waals surface area contributed by atoms with Gasteiger partial charge in [0.1, 0.15) is 6.61 Å². The normalized spacial score (nSPS) is 16.2. The first-order valence-corrected chi connectivity index (χ1v) is 6.20. The van der Waals surface area contributed by atoms with E-state index >= 15 is 0 Å². The van der Waals surface area contributed by atoms with E-state index in [-0.39, 0.29) is 11.8 Å². The van der Waals surface area contributed by atoms with Crippen LogP contribution in [0.1, 0.15) is 27.2 Å². The van der Waals surface area contributed by atoms with Crippen molar-refractivity contribution < 1.29 is 27.6 Å². The third-order valence-electron chi connectivity index (χ3n) is 2.45. The standard InChI is InChI=1S/C9H17F2O4P/c1-6(2)7(3)4-9(10,11)8(12)5-15-16(13)14/h6-7,16H,4-5H2,1-3H3,(H,13,14). The molecule has 2 atom stereocenters. The summed E-state index contributed by atoms with van der Waals surface area (Å²) >= 11 is 0. The van der Waals surface area contributed by atoms with E-state index in [9.17, 15) is 18.1 Å². The fourth-order valence-corrected chi connectivity index (χ4v) is 1.24. The molecular weight excluding hydrogens is 241 g/mol. The topological polar surface area (TPSA) is 63.6 Å². The van der Waals surface area contributed by atoms with Gasteiger partial charge in [-0.1, -0.05) is 20.8 Å². The van der Waals surface area contributed by atoms with Crippen molar-refractivity contribution in [1.82, 2.24) is 0 Å². The Morgan fingerprint density at radius 1 is 1.44 bits per heavy atom. The smallest absolute Gasteiger partial charge is 0.317 e. The molecule has 0 saturated heterocycles. The van der Waals surface area contributed by atoms with Gasteiger partial charge in [0.05, 0.1) is 0 Å². The largest absolute Gasteiger partial charge is 0.326 e. The summed E-state index contributed by atoms with van der Waals surface area (Å²) in [7, 11) is -3.34. The molecule has 0 saturated carbocycles. The first kappa shape index (κ1) is 15.7. The first-order valence-electron chi connectivity index (χ1n) is 4.93. The number of hydrogen-bond donors (Lipinski definition) is 1. The quantitative estimate of drug-likeness (QED) is 0.711. The van der Waals surface area contributed by atoms with Crippen LogP contribution in [0.15, 0.2) is 0 Å². The predicted molar refractivity (Wildman–Crippen MR) is 55.7 cm³/mol. The maximum Gasteiger partial charge on any atom is 0.317 e. The molecule has 0 heterocycles. The van der Waals surface area contributed by atoms with E-state index in [1.807, 2.05) is 0 Å². The van der Waals surface area contributed by atoms with E-state index in [2.05, 4.69) is 4.52 Å². The molecule has 0 bridgehead atoms. The van der Waals surface area contributed by atoms with Gasteiger partial charge < -0.3 is 9.42 Å². The van der Waals surface area contributed by atoms with Gasteiger partial charge in [0.15, 0.2) is 0 Å². The highest BCUT2D eigenvalue weighted by atomic mass is 31.1. The second-order valence-corrected chi connectivity index (χ2v) is 4.93. The van der Waals surface area contributed by atoms with Gasteiger partial charge in [-0.05, 0) is 11.8 Å². The van der Waals surface area contributed by atoms with Crippen molar-refractivity contribution in [2.24, 2.45) is 11.8 Å². The summed E-state index contributed by atoms with van der Waals surface area (Å²) in [6.07, 6.45) is -0.570. The number of hydrogen-bond acceptors (Lipinski definition) is 3. The van der Waals surface area contributed by atoms with Crippen molar-refractivity contribution in [3.8, 4) is 0 Å². The summed E-state index contributed by atoms with van der Waals surface area (Å²) < 4.78 is 40.7. The lowest BCUT2D eigenvalue weighted by Gasteiger charge is -2.21. The Kier molecular flexibility index (Phi) is 6.30. The molecule has 0 spiro atoms. The lowest BCUT2D eigenvalue weighted by atomic mass is 9.90. The summed E-state index contributed by atoms with van der Waals surface area (Å²) in [5.41, 5.74) is 0. The SMILES string of the molecule is CC(C)C(C)CC(F)(F)C(=O)CO[PH](=O)O. The predicted octanol–water partition coefficient (Wildman–Crippen LogP) is 2.27. The summed E-state index contributed by atoms with van der Waals surface area (Å²) in [4.78, 5) is 19.3. The Bertz CT molecular complexity index is 268. The lowest BCUT2D eigenvalue weighted by molar-refractivity contribution is -0.148. The maximum atomic E-state index is 13.3. The van der Waals surface area contributed by atoms with Crippen LogP contribution in [-0.4, -0.2) is 23.2 Å². The van der Waals surface area contributed by atoms with Crippen LogP contribution in [0.4, 0.5) is 8.78 Å². The molecular formula is C9H17F2O4P. The second kappa shape index (κ2) is 6.42. The third kappa shape index (κ3) is 5.68. The summed E-state index contributed by atoms with van der Waals surface area (Å²) in [6, 6.07) is 0. The van der Waals surface area contributed by atoms with Gasteiger partial charge in [-0.2, -0.15) is 8.78 Å². The van der Waals surface area contributed by atoms with Gasteiger partial charge in [0, 0.05) is 6.42 Å². The van der Waals surface area contributed by atoms with Crippen molar-refractivity contribution in [2.45, 2.75) is 33.1 Å². The fourth-order valence-electron chi connectivity index (χ4n) is 0.987. The number of alkyl halides is 2. The van der Waals surface area contributed by atoms with Crippen molar-refractivity contribution in [3.63, 3.8) is 0 Å². The Labute approximate surface area is 93.9 Å². The van der Waals surface area contributed by atoms with Crippen molar-refractivity contribution in [1.29, 1.82) is 0 Å². The molecule has 0 aliphatic carbocycles. The fraction of sp³-hybridized carbons (Fsp3) is 0.889. The van der Waals surface area contributed by atoms with E-state index in [4.69, 9.17) is 4.89 Å². The minimum absolute atomic E-state index is 0.0385. The van der Waals surface area contributed by atoms with Crippen LogP contribution in [0.25, 0.3) is 0 Å². The number of carbonyl (C=O) groups is 1. The molecule has 7 heteroatoms. The highest BCUT2D eigenvalue weighted by Crippen LogP contribution is 2.29. The molecule has 4 nitrogen and oxygen atoms in total. The van der Waals surface area contributed by atoms with E-state index in [0.717, 1.165) is 0 Å². The number of rotatable bonds is 7. The zero-order valence-electron chi connectivity index (χ0n) is 9.50. The van der Waals surface area contributed by atoms with Crippen molar-refractivity contribution in [3.05, 3.63) is 0 Å². The van der Waals surface area contributed by atoms with E-state index < -0.39 is 33.0 Å². The first-order chi connectivity index (χ1) is 7.16. The Morgan fingerprint density at radius 3 is 2.31 bits per heavy atom. The van der Waals surface area contributed by atoms with E-state index in [1.54, 1.807) is 20.8 Å². The van der Waals surface area contributed by atoms with Crippen molar-refractivity contribution in [2.75, 3.05) is 6.61 Å². The van der Waals surface area contributed by atoms with Gasteiger partial charge in [-0.25, -0.2) is 0 Å². The molecule has 96 valence electrons. The molecule has 1 N–H and O–H groups in total. The molecule has 16 heavy (non-hydrogen) atoms. The number of Topliss-reactive ketones (excluding diaryl/α,β-unsaturated/α-hetero) is 1. The third-order valence-corrected chi connectivity index (χ3v) is 2.84. The average molecular weight is 258 g/mol. The molecule has 0 aliphatic heterocycles. The summed E-state index contributed by atoms with van der Waals surface area (Å²) in [6.45, 7) is 4.18. The Hall–Kier alpha value is -0.320. The second-order valence-electron chi connectivity index (χ2n) is 4.11. The molecule has 0 amide bonds. The highest BCUT2D eigenvalue weighted by Gasteiger charge is 2.40. The van der Waals surface area contributed by atoms with Crippen LogP contribution in [-0.2, 0) is 13.9 Å². The van der Waals surface area contributed by atoms with Crippen LogP contribution < -0.4 is 0 Å². The zero-order chi connectivity index (χ0) is 12.9. The minimum Gasteiger partial charge on any atom is -0.326 e. The van der Waals surface area contributed by atoms with E-state index in [1.165, 1.54) is 0 Å². The monoisotopic (exact) mass is 258 g/mol. The molecule has 0 rings (SSSR count). The van der Waals surface area contributed by atoms with Crippen LogP contribution in [0, 0.1) is 11.8 Å². The molecule has 0 aromatic heterocycles. The molecule has 0 aromatic rings. The van der Waals surface area contributed by atoms with E-state index in [0.29, 0.717) is 0 Å². The molecule has 0 fully saturated rings. The summed E-state index contributed by atoms with van der Waals surface area (Å²) in [5, 5.41) is 0. The molecule has 0 radical (unpaired) electrons. The number of halogens is 2. The highest BCUT2D eigenvalue weighted by molar-refractivity contribution is 7.32. The molecule has 0 aliphatic rings. The van der Waals surface area contributed by atoms with Gasteiger partial charge in [-0.3, -0.25) is 9.36 Å². The molecule has 0 aromatic carbocycles. The van der Waals surface area contributed by atoms with Gasteiger partial charge in [-0.15, -0.1) is 0 Å². The van der Waals surface area contributed by atoms with Gasteiger partial charge >= 0.3 is 14.2 Å². The summed E-state index contributed by atoms with van der Waals surface area (Å²) in [5.74, 6) is -5.23. The Morgan fingerprint density at radius 2 is 1.94 bits per heavy atom. The molecule has 2 unspecified atom stereocenters. The van der Waals surface area contributed by atoms with Gasteiger partial charge in [0.2, 0.25) is 5.78 Å². The van der Waals surface area contributed by atoms with Crippen LogP contribution in [0.5, 0.6) is 0 Å². The number of ketones is 1. The minimum atomic E-state index is -3.50. The Balaban J connectivity index is 4.30.